The zero-order valence-electron chi connectivity index (χ0n) is 17.8. The van der Waals surface area contributed by atoms with Gasteiger partial charge in [0.25, 0.3) is 11.7 Å². The van der Waals surface area contributed by atoms with E-state index in [-0.39, 0.29) is 24.3 Å². The first-order chi connectivity index (χ1) is 15.3. The fourth-order valence-electron chi connectivity index (χ4n) is 3.60. The minimum atomic E-state index is -1.12. The van der Waals surface area contributed by atoms with Crippen LogP contribution in [-0.4, -0.2) is 60.6 Å². The summed E-state index contributed by atoms with van der Waals surface area (Å²) in [6, 6.07) is 10.2. The first-order valence-corrected chi connectivity index (χ1v) is 9.69. The average molecular weight is 441 g/mol. The number of methoxy groups -OCH3 is 3. The molecule has 1 atom stereocenters. The molecule has 2 N–H and O–H groups in total. The van der Waals surface area contributed by atoms with Gasteiger partial charge in [0, 0.05) is 12.1 Å². The van der Waals surface area contributed by atoms with Gasteiger partial charge in [0.1, 0.15) is 11.5 Å². The van der Waals surface area contributed by atoms with Crippen molar-refractivity contribution in [2.45, 2.75) is 12.5 Å². The lowest BCUT2D eigenvalue weighted by molar-refractivity contribution is -0.142. The average Bonchev–Trinajstić information content (AvgIpc) is 3.06. The Labute approximate surface area is 184 Å². The number of carboxylic acid groups (broad SMARTS) is 1. The second-order valence-electron chi connectivity index (χ2n) is 6.98. The molecule has 2 aromatic carbocycles. The molecule has 1 fully saturated rings. The maximum absolute atomic E-state index is 12.9. The van der Waals surface area contributed by atoms with Crippen molar-refractivity contribution >= 4 is 23.4 Å². The van der Waals surface area contributed by atoms with Crippen LogP contribution in [0.15, 0.2) is 48.0 Å². The van der Waals surface area contributed by atoms with Crippen LogP contribution in [0.5, 0.6) is 17.2 Å². The monoisotopic (exact) mass is 441 g/mol. The van der Waals surface area contributed by atoms with Gasteiger partial charge in [0.05, 0.1) is 39.4 Å². The van der Waals surface area contributed by atoms with Crippen LogP contribution in [-0.2, 0) is 14.4 Å². The predicted molar refractivity (Wildman–Crippen MR) is 114 cm³/mol. The van der Waals surface area contributed by atoms with Crippen LogP contribution in [0, 0.1) is 0 Å². The molecule has 2 aromatic rings. The molecule has 9 nitrogen and oxygen atoms in total. The summed E-state index contributed by atoms with van der Waals surface area (Å²) in [6.45, 7) is -0.210. The van der Waals surface area contributed by atoms with Gasteiger partial charge < -0.3 is 29.3 Å². The zero-order chi connectivity index (χ0) is 23.4. The molecule has 0 aliphatic carbocycles. The van der Waals surface area contributed by atoms with E-state index in [0.717, 1.165) is 4.90 Å². The van der Waals surface area contributed by atoms with Gasteiger partial charge in [-0.25, -0.2) is 0 Å². The van der Waals surface area contributed by atoms with Crippen LogP contribution in [0.25, 0.3) is 5.76 Å². The molecule has 9 heteroatoms. The highest BCUT2D eigenvalue weighted by molar-refractivity contribution is 6.46. The highest BCUT2D eigenvalue weighted by Gasteiger charge is 2.46. The molecule has 0 bridgehead atoms. The van der Waals surface area contributed by atoms with Crippen LogP contribution in [0.3, 0.4) is 0 Å². The molecule has 168 valence electrons. The van der Waals surface area contributed by atoms with E-state index in [4.69, 9.17) is 19.3 Å². The number of ether oxygens (including phenoxy) is 3. The Morgan fingerprint density at radius 2 is 1.59 bits per heavy atom. The molecule has 0 spiro atoms. The van der Waals surface area contributed by atoms with E-state index in [0.29, 0.717) is 28.4 Å². The summed E-state index contributed by atoms with van der Waals surface area (Å²) in [4.78, 5) is 38.0. The quantitative estimate of drug-likeness (QED) is 0.364. The third-order valence-corrected chi connectivity index (χ3v) is 5.19. The summed E-state index contributed by atoms with van der Waals surface area (Å²) in [6.07, 6.45) is -0.362. The topological polar surface area (TPSA) is 123 Å². The Kier molecular flexibility index (Phi) is 6.67. The number of carbonyl (C=O) groups excluding carboxylic acids is 2. The summed E-state index contributed by atoms with van der Waals surface area (Å²) in [5.41, 5.74) is 0.632. The first kappa shape index (κ1) is 22.7. The fraction of sp³-hybridized carbons (Fsp3) is 0.261. The van der Waals surface area contributed by atoms with Crippen molar-refractivity contribution in [2.75, 3.05) is 27.9 Å². The normalized spacial score (nSPS) is 17.3. The summed E-state index contributed by atoms with van der Waals surface area (Å²) < 4.78 is 15.7. The van der Waals surface area contributed by atoms with Crippen molar-refractivity contribution in [3.05, 3.63) is 59.2 Å². The predicted octanol–water partition coefficient (Wildman–Crippen LogP) is 2.61. The van der Waals surface area contributed by atoms with Gasteiger partial charge in [-0.05, 0) is 42.0 Å². The van der Waals surface area contributed by atoms with E-state index < -0.39 is 23.7 Å². The number of amides is 1. The fourth-order valence-corrected chi connectivity index (χ4v) is 3.60. The number of nitrogens with zero attached hydrogens (tertiary/aromatic N) is 1. The number of aliphatic carboxylic acids is 1. The number of aliphatic hydroxyl groups excluding tert-OH is 1. The van der Waals surface area contributed by atoms with Crippen LogP contribution >= 0.6 is 0 Å². The highest BCUT2D eigenvalue weighted by Crippen LogP contribution is 2.42. The molecular weight excluding hydrogens is 418 g/mol. The van der Waals surface area contributed by atoms with Gasteiger partial charge in [-0.3, -0.25) is 14.4 Å². The van der Waals surface area contributed by atoms with Gasteiger partial charge in [-0.2, -0.15) is 0 Å². The van der Waals surface area contributed by atoms with Crippen molar-refractivity contribution in [3.63, 3.8) is 0 Å². The molecular formula is C23H23NO8. The Morgan fingerprint density at radius 1 is 0.938 bits per heavy atom. The van der Waals surface area contributed by atoms with Crippen LogP contribution in [0.1, 0.15) is 23.6 Å². The Morgan fingerprint density at radius 3 is 2.16 bits per heavy atom. The van der Waals surface area contributed by atoms with Crippen LogP contribution in [0.4, 0.5) is 0 Å². The lowest BCUT2D eigenvalue weighted by Gasteiger charge is -2.25. The summed E-state index contributed by atoms with van der Waals surface area (Å²) >= 11 is 0. The number of hydrogen-bond donors (Lipinski definition) is 2. The SMILES string of the molecule is COc1ccc(C(O)=C2C(=O)C(=O)N(CCC(=O)O)[C@H]2c2ccc(OC)c(OC)c2)cc1. The molecule has 1 amide bonds. The Balaban J connectivity index is 2.17. The molecule has 0 saturated carbocycles. The van der Waals surface area contributed by atoms with Gasteiger partial charge in [-0.15, -0.1) is 0 Å². The van der Waals surface area contributed by atoms with E-state index >= 15 is 0 Å². The zero-order valence-corrected chi connectivity index (χ0v) is 17.8. The molecule has 1 saturated heterocycles. The molecule has 32 heavy (non-hydrogen) atoms. The second-order valence-corrected chi connectivity index (χ2v) is 6.98. The first-order valence-electron chi connectivity index (χ1n) is 9.69. The highest BCUT2D eigenvalue weighted by atomic mass is 16.5. The number of benzene rings is 2. The smallest absolute Gasteiger partial charge is 0.305 e. The molecule has 1 aliphatic heterocycles. The largest absolute Gasteiger partial charge is 0.507 e. The third kappa shape index (κ3) is 4.22. The Bertz CT molecular complexity index is 1070. The van der Waals surface area contributed by atoms with Crippen molar-refractivity contribution in [2.24, 2.45) is 0 Å². The molecule has 3 rings (SSSR count). The maximum atomic E-state index is 12.9. The molecule has 0 radical (unpaired) electrons. The lowest BCUT2D eigenvalue weighted by Crippen LogP contribution is -2.31. The van der Waals surface area contributed by atoms with E-state index in [1.165, 1.54) is 21.3 Å². The van der Waals surface area contributed by atoms with E-state index in [1.807, 2.05) is 0 Å². The number of ketones is 1. The minimum absolute atomic E-state index is 0.141. The van der Waals surface area contributed by atoms with Crippen molar-refractivity contribution in [1.82, 2.24) is 4.90 Å². The number of rotatable bonds is 8. The molecule has 0 aromatic heterocycles. The van der Waals surface area contributed by atoms with E-state index in [1.54, 1.807) is 42.5 Å². The summed E-state index contributed by atoms with van der Waals surface area (Å²) in [5.74, 6) is -1.92. The van der Waals surface area contributed by atoms with Gasteiger partial charge in [0.15, 0.2) is 11.5 Å². The number of carboxylic acids is 1. The summed E-state index contributed by atoms with van der Waals surface area (Å²) in [7, 11) is 4.42. The standard InChI is InChI=1S/C23H23NO8/c1-30-15-7-4-13(5-8-15)21(27)19-20(14-6-9-16(31-2)17(12-14)32-3)24(11-10-18(25)26)23(29)22(19)28/h4-9,12,20,27H,10-11H2,1-3H3,(H,25,26)/t20-/m0/s1. The van der Waals surface area contributed by atoms with E-state index in [9.17, 15) is 19.5 Å². The molecule has 1 aliphatic rings. The van der Waals surface area contributed by atoms with Gasteiger partial charge >= 0.3 is 5.97 Å². The number of carbonyl (C=O) groups is 3. The van der Waals surface area contributed by atoms with E-state index in [2.05, 4.69) is 0 Å². The van der Waals surface area contributed by atoms with Gasteiger partial charge in [-0.1, -0.05) is 6.07 Å². The minimum Gasteiger partial charge on any atom is -0.507 e. The number of likely N-dealkylation sites (tertiary alicyclic amines) is 1. The Hall–Kier alpha value is -4.01. The van der Waals surface area contributed by atoms with Crippen molar-refractivity contribution < 1.29 is 38.8 Å². The summed E-state index contributed by atoms with van der Waals surface area (Å²) in [5, 5.41) is 20.1. The number of Topliss-reactive ketones (excluding diaryl/α,β-unsaturated/α-hetero) is 1. The number of hydrogen-bond acceptors (Lipinski definition) is 7. The second kappa shape index (κ2) is 9.42. The molecule has 1 heterocycles. The maximum Gasteiger partial charge on any atom is 0.305 e. The number of aliphatic hydroxyl groups is 1. The third-order valence-electron chi connectivity index (χ3n) is 5.19. The van der Waals surface area contributed by atoms with Gasteiger partial charge in [0.2, 0.25) is 0 Å². The molecule has 0 unspecified atom stereocenters. The van der Waals surface area contributed by atoms with Crippen molar-refractivity contribution in [3.8, 4) is 17.2 Å². The van der Waals surface area contributed by atoms with Crippen molar-refractivity contribution in [1.29, 1.82) is 0 Å². The van der Waals surface area contributed by atoms with Crippen LogP contribution in [0.2, 0.25) is 0 Å². The lowest BCUT2D eigenvalue weighted by atomic mass is 9.95. The van der Waals surface area contributed by atoms with Crippen LogP contribution < -0.4 is 14.2 Å².